The number of rotatable bonds is 7. The van der Waals surface area contributed by atoms with Crippen LogP contribution in [0, 0.1) is 0 Å². The van der Waals surface area contributed by atoms with Crippen molar-refractivity contribution in [1.29, 1.82) is 0 Å². The number of likely N-dealkylation sites (tertiary alicyclic amines) is 1. The number of nitrogens with one attached hydrogen (secondary N) is 2. The van der Waals surface area contributed by atoms with E-state index in [4.69, 9.17) is 9.47 Å². The van der Waals surface area contributed by atoms with E-state index in [0.29, 0.717) is 18.6 Å². The zero-order valence-electron chi connectivity index (χ0n) is 15.6. The molecule has 0 aliphatic carbocycles. The van der Waals surface area contributed by atoms with Crippen LogP contribution in [0.2, 0.25) is 0 Å². The standard InChI is InChI=1S/C17H35N3O3/c1-13(14(2)22-6)19-15-7-10-20(11-8-15)12-9-18-16(21)23-17(3,4)5/h13-15,19H,7-12H2,1-6H3,(H,18,21)/t13-,14?/m0/s1. The molecule has 0 bridgehead atoms. The Morgan fingerprint density at radius 1 is 1.26 bits per heavy atom. The summed E-state index contributed by atoms with van der Waals surface area (Å²) >= 11 is 0. The van der Waals surface area contributed by atoms with Gasteiger partial charge in [-0.15, -0.1) is 0 Å². The van der Waals surface area contributed by atoms with Crippen LogP contribution >= 0.6 is 0 Å². The molecule has 1 aliphatic heterocycles. The fraction of sp³-hybridized carbons (Fsp3) is 0.941. The average Bonchev–Trinajstić information content (AvgIpc) is 2.46. The predicted octanol–water partition coefficient (Wildman–Crippen LogP) is 1.99. The summed E-state index contributed by atoms with van der Waals surface area (Å²) < 4.78 is 10.6. The second kappa shape index (κ2) is 9.45. The zero-order valence-corrected chi connectivity index (χ0v) is 15.6. The number of nitrogens with zero attached hydrogens (tertiary/aromatic N) is 1. The third-order valence-electron chi connectivity index (χ3n) is 4.26. The number of hydrogen-bond acceptors (Lipinski definition) is 5. The molecule has 6 heteroatoms. The summed E-state index contributed by atoms with van der Waals surface area (Å²) in [5.74, 6) is 0. The quantitative estimate of drug-likeness (QED) is 0.748. The van der Waals surface area contributed by atoms with E-state index in [1.165, 1.54) is 0 Å². The number of methoxy groups -OCH3 is 1. The van der Waals surface area contributed by atoms with Gasteiger partial charge in [-0.3, -0.25) is 0 Å². The number of alkyl carbamates (subject to hydrolysis) is 1. The highest BCUT2D eigenvalue weighted by Gasteiger charge is 2.22. The first-order valence-electron chi connectivity index (χ1n) is 8.69. The number of hydrogen-bond donors (Lipinski definition) is 2. The van der Waals surface area contributed by atoms with Crippen molar-refractivity contribution in [3.8, 4) is 0 Å². The summed E-state index contributed by atoms with van der Waals surface area (Å²) in [7, 11) is 1.75. The number of carbonyl (C=O) groups excluding carboxylic acids is 1. The monoisotopic (exact) mass is 329 g/mol. The summed E-state index contributed by atoms with van der Waals surface area (Å²) in [5, 5.41) is 6.47. The summed E-state index contributed by atoms with van der Waals surface area (Å²) in [6.45, 7) is 13.5. The Kier molecular flexibility index (Phi) is 8.29. The van der Waals surface area contributed by atoms with Crippen LogP contribution in [-0.2, 0) is 9.47 Å². The van der Waals surface area contributed by atoms with Gasteiger partial charge in [0.2, 0.25) is 0 Å². The van der Waals surface area contributed by atoms with Crippen molar-refractivity contribution < 1.29 is 14.3 Å². The summed E-state index contributed by atoms with van der Waals surface area (Å²) in [6.07, 6.45) is 2.16. The van der Waals surface area contributed by atoms with Crippen LogP contribution in [0.3, 0.4) is 0 Å². The van der Waals surface area contributed by atoms with E-state index >= 15 is 0 Å². The molecule has 0 spiro atoms. The maximum Gasteiger partial charge on any atom is 0.407 e. The zero-order chi connectivity index (χ0) is 17.5. The maximum absolute atomic E-state index is 11.6. The van der Waals surface area contributed by atoms with Crippen molar-refractivity contribution in [2.24, 2.45) is 0 Å². The topological polar surface area (TPSA) is 62.8 Å². The molecule has 0 aromatic rings. The Morgan fingerprint density at radius 3 is 2.39 bits per heavy atom. The molecular formula is C17H35N3O3. The smallest absolute Gasteiger partial charge is 0.407 e. The van der Waals surface area contributed by atoms with Crippen LogP contribution in [0.4, 0.5) is 4.79 Å². The van der Waals surface area contributed by atoms with E-state index in [9.17, 15) is 4.79 Å². The molecule has 6 nitrogen and oxygen atoms in total. The number of carbonyl (C=O) groups is 1. The summed E-state index contributed by atoms with van der Waals surface area (Å²) in [4.78, 5) is 14.0. The average molecular weight is 329 g/mol. The molecule has 0 saturated carbocycles. The Labute approximate surface area is 141 Å². The van der Waals surface area contributed by atoms with Crippen molar-refractivity contribution in [1.82, 2.24) is 15.5 Å². The molecular weight excluding hydrogens is 294 g/mol. The Morgan fingerprint density at radius 2 is 1.87 bits per heavy atom. The lowest BCUT2D eigenvalue weighted by atomic mass is 10.0. The number of ether oxygens (including phenoxy) is 2. The lowest BCUT2D eigenvalue weighted by molar-refractivity contribution is 0.0518. The molecule has 2 N–H and O–H groups in total. The van der Waals surface area contributed by atoms with Crippen LogP contribution in [0.15, 0.2) is 0 Å². The number of amides is 1. The van der Waals surface area contributed by atoms with Gasteiger partial charge in [0.05, 0.1) is 6.10 Å². The van der Waals surface area contributed by atoms with Crippen LogP contribution in [0.25, 0.3) is 0 Å². The summed E-state index contributed by atoms with van der Waals surface area (Å²) in [5.41, 5.74) is -0.440. The molecule has 1 unspecified atom stereocenters. The van der Waals surface area contributed by atoms with Gasteiger partial charge >= 0.3 is 6.09 Å². The van der Waals surface area contributed by atoms with Crippen LogP contribution in [-0.4, -0.2) is 68.1 Å². The molecule has 0 aromatic heterocycles. The Balaban J connectivity index is 2.16. The molecule has 23 heavy (non-hydrogen) atoms. The Hall–Kier alpha value is -0.850. The second-order valence-corrected chi connectivity index (χ2v) is 7.44. The first kappa shape index (κ1) is 20.2. The third-order valence-corrected chi connectivity index (χ3v) is 4.26. The van der Waals surface area contributed by atoms with Gasteiger partial charge in [0.15, 0.2) is 0 Å². The molecule has 1 fully saturated rings. The first-order valence-corrected chi connectivity index (χ1v) is 8.69. The van der Waals surface area contributed by atoms with E-state index in [-0.39, 0.29) is 12.2 Å². The highest BCUT2D eigenvalue weighted by Crippen LogP contribution is 2.12. The van der Waals surface area contributed by atoms with Gasteiger partial charge in [0.1, 0.15) is 5.60 Å². The largest absolute Gasteiger partial charge is 0.444 e. The lowest BCUT2D eigenvalue weighted by Crippen LogP contribution is -2.49. The van der Waals surface area contributed by atoms with Crippen molar-refractivity contribution in [3.63, 3.8) is 0 Å². The molecule has 1 heterocycles. The van der Waals surface area contributed by atoms with Gasteiger partial charge < -0.3 is 25.0 Å². The van der Waals surface area contributed by atoms with Gasteiger partial charge in [0.25, 0.3) is 0 Å². The molecule has 136 valence electrons. The Bertz CT molecular complexity index is 349. The number of piperidine rings is 1. The van der Waals surface area contributed by atoms with E-state index in [2.05, 4.69) is 29.4 Å². The van der Waals surface area contributed by atoms with Gasteiger partial charge in [-0.2, -0.15) is 0 Å². The highest BCUT2D eigenvalue weighted by atomic mass is 16.6. The maximum atomic E-state index is 11.6. The minimum Gasteiger partial charge on any atom is -0.444 e. The van der Waals surface area contributed by atoms with Crippen LogP contribution < -0.4 is 10.6 Å². The van der Waals surface area contributed by atoms with Crippen molar-refractivity contribution in [3.05, 3.63) is 0 Å². The molecule has 0 aromatic carbocycles. The van der Waals surface area contributed by atoms with Gasteiger partial charge in [-0.25, -0.2) is 4.79 Å². The normalized spacial score (nSPS) is 20.1. The molecule has 1 amide bonds. The first-order chi connectivity index (χ1) is 10.7. The molecule has 0 radical (unpaired) electrons. The van der Waals surface area contributed by atoms with Gasteiger partial charge in [0, 0.05) is 32.3 Å². The molecule has 1 rings (SSSR count). The minimum absolute atomic E-state index is 0.228. The minimum atomic E-state index is -0.440. The fourth-order valence-electron chi connectivity index (χ4n) is 2.66. The fourth-order valence-corrected chi connectivity index (χ4v) is 2.66. The van der Waals surface area contributed by atoms with Gasteiger partial charge in [-0.05, 0) is 60.5 Å². The van der Waals surface area contributed by atoms with E-state index in [1.807, 2.05) is 20.8 Å². The van der Waals surface area contributed by atoms with Crippen LogP contribution in [0.1, 0.15) is 47.5 Å². The van der Waals surface area contributed by atoms with E-state index < -0.39 is 5.60 Å². The third kappa shape index (κ3) is 8.53. The summed E-state index contributed by atoms with van der Waals surface area (Å²) in [6, 6.07) is 0.919. The van der Waals surface area contributed by atoms with Crippen molar-refractivity contribution in [2.75, 3.05) is 33.3 Å². The molecule has 1 aliphatic rings. The molecule has 1 saturated heterocycles. The van der Waals surface area contributed by atoms with E-state index in [0.717, 1.165) is 32.5 Å². The predicted molar refractivity (Wildman–Crippen MR) is 92.8 cm³/mol. The van der Waals surface area contributed by atoms with Gasteiger partial charge in [-0.1, -0.05) is 0 Å². The second-order valence-electron chi connectivity index (χ2n) is 7.44. The van der Waals surface area contributed by atoms with Crippen molar-refractivity contribution in [2.45, 2.75) is 71.2 Å². The lowest BCUT2D eigenvalue weighted by Gasteiger charge is -2.35. The van der Waals surface area contributed by atoms with Crippen LogP contribution in [0.5, 0.6) is 0 Å². The highest BCUT2D eigenvalue weighted by molar-refractivity contribution is 5.67. The van der Waals surface area contributed by atoms with Crippen molar-refractivity contribution >= 4 is 6.09 Å². The molecule has 2 atom stereocenters. The van der Waals surface area contributed by atoms with E-state index in [1.54, 1.807) is 7.11 Å². The SMILES string of the molecule is COC(C)[C@H](C)NC1CCN(CCNC(=O)OC(C)(C)C)CC1.